The van der Waals surface area contributed by atoms with Crippen molar-refractivity contribution in [2.75, 3.05) is 0 Å². The molecule has 0 fully saturated rings. The molecule has 0 saturated heterocycles. The van der Waals surface area contributed by atoms with Crippen LogP contribution in [0.5, 0.6) is 0 Å². The van der Waals surface area contributed by atoms with Crippen molar-refractivity contribution in [2.45, 2.75) is 0 Å². The van der Waals surface area contributed by atoms with Crippen LogP contribution in [0.25, 0.3) is 9.88 Å². The van der Waals surface area contributed by atoms with Crippen LogP contribution in [0.15, 0.2) is 23.0 Å². The first-order valence-corrected chi connectivity index (χ1v) is 5.04. The summed E-state index contributed by atoms with van der Waals surface area (Å²) in [6.45, 7) is 0. The van der Waals surface area contributed by atoms with Crippen molar-refractivity contribution in [3.8, 4) is 16.0 Å². The number of thiophene rings is 1. The molecule has 0 radical (unpaired) electrons. The van der Waals surface area contributed by atoms with E-state index in [0.29, 0.717) is 5.56 Å². The number of nitrogens with zero attached hydrogens (tertiary/aromatic N) is 2. The van der Waals surface area contributed by atoms with Crippen LogP contribution < -0.4 is 0 Å². The zero-order chi connectivity index (χ0) is 8.39. The molecule has 0 bridgehead atoms. The molecule has 0 aliphatic rings. The van der Waals surface area contributed by atoms with Gasteiger partial charge in [-0.15, -0.1) is 22.7 Å². The van der Waals surface area contributed by atoms with E-state index < -0.39 is 0 Å². The second kappa shape index (κ2) is 3.05. The molecule has 2 aromatic rings. The van der Waals surface area contributed by atoms with Crippen molar-refractivity contribution in [3.63, 3.8) is 0 Å². The molecule has 0 aliphatic heterocycles. The van der Waals surface area contributed by atoms with Crippen molar-refractivity contribution in [1.82, 2.24) is 4.98 Å². The summed E-state index contributed by atoms with van der Waals surface area (Å²) in [4.78, 5) is 5.22. The summed E-state index contributed by atoms with van der Waals surface area (Å²) in [5, 5.41) is 13.4. The molecule has 4 heteroatoms. The highest BCUT2D eigenvalue weighted by atomic mass is 32.1. The van der Waals surface area contributed by atoms with Gasteiger partial charge in [0.15, 0.2) is 0 Å². The summed E-state index contributed by atoms with van der Waals surface area (Å²) in [5.41, 5.74) is 0.713. The first kappa shape index (κ1) is 7.47. The average Bonchev–Trinajstić information content (AvgIpc) is 2.75. The number of nitriles is 1. The van der Waals surface area contributed by atoms with Crippen LogP contribution in [0.2, 0.25) is 0 Å². The molecule has 58 valence electrons. The fourth-order valence-corrected chi connectivity index (χ4v) is 2.41. The Morgan fingerprint density at radius 3 is 2.92 bits per heavy atom. The van der Waals surface area contributed by atoms with Gasteiger partial charge >= 0.3 is 0 Å². The zero-order valence-electron chi connectivity index (χ0n) is 6.02. The maximum absolute atomic E-state index is 8.59. The van der Waals surface area contributed by atoms with Gasteiger partial charge in [0.25, 0.3) is 0 Å². The van der Waals surface area contributed by atoms with Crippen molar-refractivity contribution in [1.29, 1.82) is 5.26 Å². The van der Waals surface area contributed by atoms with Gasteiger partial charge in [-0.05, 0) is 6.07 Å². The Morgan fingerprint density at radius 1 is 1.42 bits per heavy atom. The monoisotopic (exact) mass is 192 g/mol. The van der Waals surface area contributed by atoms with Crippen LogP contribution in [0, 0.1) is 11.3 Å². The first-order valence-electron chi connectivity index (χ1n) is 3.28. The maximum Gasteiger partial charge on any atom is 0.133 e. The highest BCUT2D eigenvalue weighted by Gasteiger charge is 2.03. The van der Waals surface area contributed by atoms with Crippen LogP contribution in [-0.2, 0) is 0 Å². The molecule has 0 aliphatic carbocycles. The minimum absolute atomic E-state index is 0.713. The predicted molar refractivity (Wildman–Crippen MR) is 50.1 cm³/mol. The van der Waals surface area contributed by atoms with E-state index in [1.54, 1.807) is 28.9 Å². The first-order chi connectivity index (χ1) is 5.90. The van der Waals surface area contributed by atoms with Crippen LogP contribution in [0.3, 0.4) is 0 Å². The SMILES string of the molecule is N#Cc1csc(-c2nccs2)c1. The number of hydrogen-bond acceptors (Lipinski definition) is 4. The van der Waals surface area contributed by atoms with Gasteiger partial charge in [-0.2, -0.15) is 5.26 Å². The lowest BCUT2D eigenvalue weighted by atomic mass is 10.3. The molecule has 2 heterocycles. The summed E-state index contributed by atoms with van der Waals surface area (Å²) < 4.78 is 0. The Balaban J connectivity index is 2.44. The lowest BCUT2D eigenvalue weighted by Crippen LogP contribution is -1.65. The van der Waals surface area contributed by atoms with Gasteiger partial charge in [0, 0.05) is 17.0 Å². The van der Waals surface area contributed by atoms with E-state index in [-0.39, 0.29) is 0 Å². The summed E-state index contributed by atoms with van der Waals surface area (Å²) >= 11 is 3.15. The van der Waals surface area contributed by atoms with Gasteiger partial charge < -0.3 is 0 Å². The van der Waals surface area contributed by atoms with E-state index in [1.165, 1.54) is 0 Å². The number of hydrogen-bond donors (Lipinski definition) is 0. The molecule has 0 saturated carbocycles. The minimum Gasteiger partial charge on any atom is -0.244 e. The number of rotatable bonds is 1. The van der Waals surface area contributed by atoms with Crippen molar-refractivity contribution < 1.29 is 0 Å². The molecule has 0 atom stereocenters. The minimum atomic E-state index is 0.713. The summed E-state index contributed by atoms with van der Waals surface area (Å²) in [6, 6.07) is 3.96. The van der Waals surface area contributed by atoms with E-state index in [4.69, 9.17) is 5.26 Å². The van der Waals surface area contributed by atoms with E-state index in [0.717, 1.165) is 9.88 Å². The number of aromatic nitrogens is 1. The highest BCUT2D eigenvalue weighted by molar-refractivity contribution is 7.20. The van der Waals surface area contributed by atoms with Gasteiger partial charge in [0.05, 0.1) is 10.4 Å². The fourth-order valence-electron chi connectivity index (χ4n) is 0.852. The standard InChI is InChI=1S/C8H4N2S2/c9-4-6-3-7(12-5-6)8-10-1-2-11-8/h1-3,5H. The van der Waals surface area contributed by atoms with Gasteiger partial charge in [-0.1, -0.05) is 0 Å². The molecular formula is C8H4N2S2. The molecule has 12 heavy (non-hydrogen) atoms. The summed E-state index contributed by atoms with van der Waals surface area (Å²) in [7, 11) is 0. The predicted octanol–water partition coefficient (Wildman–Crippen LogP) is 2.74. The van der Waals surface area contributed by atoms with Crippen LogP contribution >= 0.6 is 22.7 Å². The molecule has 0 spiro atoms. The smallest absolute Gasteiger partial charge is 0.133 e. The summed E-state index contributed by atoms with van der Waals surface area (Å²) in [6.07, 6.45) is 1.77. The van der Waals surface area contributed by atoms with Crippen molar-refractivity contribution >= 4 is 22.7 Å². The molecule has 0 unspecified atom stereocenters. The zero-order valence-corrected chi connectivity index (χ0v) is 7.65. The molecular weight excluding hydrogens is 188 g/mol. The van der Waals surface area contributed by atoms with Gasteiger partial charge in [-0.3, -0.25) is 0 Å². The average molecular weight is 192 g/mol. The maximum atomic E-state index is 8.59. The lowest BCUT2D eigenvalue weighted by molar-refractivity contribution is 1.43. The van der Waals surface area contributed by atoms with Gasteiger partial charge in [0.1, 0.15) is 11.1 Å². The lowest BCUT2D eigenvalue weighted by Gasteiger charge is -1.83. The Morgan fingerprint density at radius 2 is 2.33 bits per heavy atom. The van der Waals surface area contributed by atoms with E-state index in [9.17, 15) is 0 Å². The molecule has 2 aromatic heterocycles. The van der Waals surface area contributed by atoms with E-state index in [1.807, 2.05) is 16.8 Å². The third-order valence-electron chi connectivity index (χ3n) is 1.37. The Labute approximate surface area is 77.7 Å². The van der Waals surface area contributed by atoms with Gasteiger partial charge in [-0.25, -0.2) is 4.98 Å². The fraction of sp³-hybridized carbons (Fsp3) is 0. The molecule has 0 amide bonds. The summed E-state index contributed by atoms with van der Waals surface area (Å²) in [5.74, 6) is 0. The second-order valence-corrected chi connectivity index (χ2v) is 3.95. The third kappa shape index (κ3) is 1.24. The number of thiazole rings is 1. The Kier molecular flexibility index (Phi) is 1.90. The quantitative estimate of drug-likeness (QED) is 0.696. The second-order valence-electron chi connectivity index (χ2n) is 2.15. The van der Waals surface area contributed by atoms with Crippen molar-refractivity contribution in [2.24, 2.45) is 0 Å². The van der Waals surface area contributed by atoms with E-state index in [2.05, 4.69) is 11.1 Å². The van der Waals surface area contributed by atoms with Crippen LogP contribution in [-0.4, -0.2) is 4.98 Å². The molecule has 0 aromatic carbocycles. The Hall–Kier alpha value is -1.18. The normalized spacial score (nSPS) is 9.58. The van der Waals surface area contributed by atoms with Crippen LogP contribution in [0.4, 0.5) is 0 Å². The largest absolute Gasteiger partial charge is 0.244 e. The van der Waals surface area contributed by atoms with Gasteiger partial charge in [0.2, 0.25) is 0 Å². The van der Waals surface area contributed by atoms with Crippen LogP contribution in [0.1, 0.15) is 5.56 Å². The molecule has 2 nitrogen and oxygen atoms in total. The topological polar surface area (TPSA) is 36.7 Å². The highest BCUT2D eigenvalue weighted by Crippen LogP contribution is 2.28. The third-order valence-corrected chi connectivity index (χ3v) is 3.24. The molecule has 0 N–H and O–H groups in total. The van der Waals surface area contributed by atoms with E-state index >= 15 is 0 Å². The molecule has 2 rings (SSSR count). The van der Waals surface area contributed by atoms with Crippen molar-refractivity contribution in [3.05, 3.63) is 28.6 Å². The Bertz CT molecular complexity index is 408.